The Morgan fingerprint density at radius 2 is 1.69 bits per heavy atom. The molecule has 0 aliphatic rings. The predicted molar refractivity (Wildman–Crippen MR) is 128 cm³/mol. The molecule has 0 radical (unpaired) electrons. The van der Waals surface area contributed by atoms with E-state index in [1.54, 1.807) is 42.5 Å². The molecule has 0 fully saturated rings. The van der Waals surface area contributed by atoms with E-state index in [4.69, 9.17) is 21.6 Å². The summed E-state index contributed by atoms with van der Waals surface area (Å²) in [7, 11) is 0. The van der Waals surface area contributed by atoms with Crippen molar-refractivity contribution in [2.24, 2.45) is 0 Å². The number of nitriles is 1. The largest absolute Gasteiger partial charge is 0.452 e. The quantitative estimate of drug-likeness (QED) is 0.202. The van der Waals surface area contributed by atoms with Gasteiger partial charge in [0.25, 0.3) is 5.91 Å². The van der Waals surface area contributed by atoms with Crippen LogP contribution in [-0.4, -0.2) is 24.2 Å². The van der Waals surface area contributed by atoms with Gasteiger partial charge in [-0.05, 0) is 41.5 Å². The molecule has 0 aromatic heterocycles. The first-order valence-electron chi connectivity index (χ1n) is 9.65. The smallest absolute Gasteiger partial charge is 0.339 e. The number of amides is 1. The number of esters is 1. The van der Waals surface area contributed by atoms with Crippen LogP contribution >= 0.6 is 23.4 Å². The zero-order valence-electron chi connectivity index (χ0n) is 17.0. The van der Waals surface area contributed by atoms with Gasteiger partial charge in [0.1, 0.15) is 0 Å². The van der Waals surface area contributed by atoms with Crippen molar-refractivity contribution < 1.29 is 14.3 Å². The molecule has 0 aliphatic heterocycles. The lowest BCUT2D eigenvalue weighted by Gasteiger charge is -2.11. The van der Waals surface area contributed by atoms with E-state index in [0.29, 0.717) is 21.8 Å². The first-order valence-corrected chi connectivity index (χ1v) is 11.0. The molecule has 0 saturated heterocycles. The summed E-state index contributed by atoms with van der Waals surface area (Å²) in [5.74, 6) is -0.839. The van der Waals surface area contributed by atoms with Crippen LogP contribution < -0.4 is 5.32 Å². The maximum atomic E-state index is 12.9. The summed E-state index contributed by atoms with van der Waals surface area (Å²) >= 11 is 7.29. The molecule has 160 valence electrons. The van der Waals surface area contributed by atoms with Crippen LogP contribution in [0.4, 0.5) is 5.69 Å². The molecule has 0 atom stereocenters. The van der Waals surface area contributed by atoms with E-state index in [-0.39, 0.29) is 5.75 Å². The van der Waals surface area contributed by atoms with E-state index >= 15 is 0 Å². The molecule has 0 spiro atoms. The van der Waals surface area contributed by atoms with E-state index < -0.39 is 18.5 Å². The van der Waals surface area contributed by atoms with E-state index in [2.05, 4.69) is 11.4 Å². The second-order valence-electron chi connectivity index (χ2n) is 6.54. The Morgan fingerprint density at radius 3 is 2.41 bits per heavy atom. The summed E-state index contributed by atoms with van der Waals surface area (Å²) in [6, 6.07) is 25.4. The number of carbonyl (C=O) groups excluding carboxylic acids is 2. The van der Waals surface area contributed by atoms with Crippen molar-refractivity contribution in [1.29, 1.82) is 5.26 Å². The molecule has 0 bridgehead atoms. The minimum Gasteiger partial charge on any atom is -0.452 e. The van der Waals surface area contributed by atoms with Gasteiger partial charge in [-0.2, -0.15) is 5.26 Å². The fourth-order valence-corrected chi connectivity index (χ4v) is 3.60. The van der Waals surface area contributed by atoms with Gasteiger partial charge in [-0.15, -0.1) is 11.8 Å². The normalized spacial score (nSPS) is 10.8. The van der Waals surface area contributed by atoms with Gasteiger partial charge in [0.05, 0.1) is 23.1 Å². The summed E-state index contributed by atoms with van der Waals surface area (Å²) < 4.78 is 5.30. The fraction of sp³-hybridized carbons (Fsp3) is 0.0800. The molecule has 0 heterocycles. The summed E-state index contributed by atoms with van der Waals surface area (Å²) in [5.41, 5.74) is 2.32. The number of rotatable bonds is 8. The van der Waals surface area contributed by atoms with Crippen LogP contribution in [0.5, 0.6) is 0 Å². The highest BCUT2D eigenvalue weighted by Gasteiger charge is 2.16. The molecule has 0 saturated carbocycles. The highest BCUT2D eigenvalue weighted by atomic mass is 35.5. The monoisotopic (exact) mass is 462 g/mol. The molecule has 1 N–H and O–H groups in total. The molecule has 7 heteroatoms. The molecular weight excluding hydrogens is 444 g/mol. The van der Waals surface area contributed by atoms with Gasteiger partial charge in [0, 0.05) is 9.92 Å². The second-order valence-corrected chi connectivity index (χ2v) is 8.00. The number of hydrogen-bond acceptors (Lipinski definition) is 5. The molecule has 0 aliphatic carbocycles. The number of thioether (sulfide) groups is 1. The number of ether oxygens (including phenoxy) is 1. The van der Waals surface area contributed by atoms with Gasteiger partial charge in [0.2, 0.25) is 0 Å². The highest BCUT2D eigenvalue weighted by molar-refractivity contribution is 7.99. The molecule has 0 unspecified atom stereocenters. The van der Waals surface area contributed by atoms with Crippen molar-refractivity contribution in [2.75, 3.05) is 17.7 Å². The van der Waals surface area contributed by atoms with Crippen molar-refractivity contribution in [3.63, 3.8) is 0 Å². The van der Waals surface area contributed by atoms with Crippen LogP contribution in [-0.2, 0) is 14.3 Å². The Bertz CT molecular complexity index is 1160. The van der Waals surface area contributed by atoms with Gasteiger partial charge in [-0.25, -0.2) is 4.79 Å². The Balaban J connectivity index is 1.72. The molecular formula is C25H19ClN2O3S. The van der Waals surface area contributed by atoms with Gasteiger partial charge in [-0.3, -0.25) is 4.79 Å². The minimum atomic E-state index is -0.626. The predicted octanol–water partition coefficient (Wildman–Crippen LogP) is 5.68. The molecule has 3 aromatic rings. The van der Waals surface area contributed by atoms with E-state index in [0.717, 1.165) is 10.5 Å². The highest BCUT2D eigenvalue weighted by Crippen LogP contribution is 2.27. The third-order valence-electron chi connectivity index (χ3n) is 4.27. The van der Waals surface area contributed by atoms with Gasteiger partial charge < -0.3 is 10.1 Å². The van der Waals surface area contributed by atoms with Crippen LogP contribution in [0.25, 0.3) is 11.6 Å². The SMILES string of the molecule is N#CCSc1ccccc1NC(=O)COC(=O)/C(=C/c1ccccc1)c1ccc(Cl)cc1. The minimum absolute atomic E-state index is 0.261. The number of benzene rings is 3. The van der Waals surface area contributed by atoms with Crippen LogP contribution in [0.2, 0.25) is 5.02 Å². The van der Waals surface area contributed by atoms with Crippen LogP contribution in [0.3, 0.4) is 0 Å². The average Bonchev–Trinajstić information content (AvgIpc) is 2.82. The van der Waals surface area contributed by atoms with Crippen molar-refractivity contribution in [3.8, 4) is 6.07 Å². The van der Waals surface area contributed by atoms with Crippen molar-refractivity contribution in [2.45, 2.75) is 4.90 Å². The lowest BCUT2D eigenvalue weighted by molar-refractivity contribution is -0.141. The number of para-hydroxylation sites is 1. The topological polar surface area (TPSA) is 79.2 Å². The van der Waals surface area contributed by atoms with Crippen molar-refractivity contribution in [3.05, 3.63) is 95.0 Å². The second kappa shape index (κ2) is 11.8. The third kappa shape index (κ3) is 6.74. The lowest BCUT2D eigenvalue weighted by Crippen LogP contribution is -2.21. The standard InChI is InChI=1S/C25H19ClN2O3S/c26-20-12-10-19(11-13-20)21(16-18-6-2-1-3-7-18)25(30)31-17-24(29)28-22-8-4-5-9-23(22)32-15-14-27/h1-13,16H,15,17H2,(H,28,29)/b21-16+. The average molecular weight is 463 g/mol. The number of hydrogen-bond donors (Lipinski definition) is 1. The van der Waals surface area contributed by atoms with E-state index in [1.165, 1.54) is 11.8 Å². The van der Waals surface area contributed by atoms with Crippen molar-refractivity contribution >= 4 is 52.6 Å². The zero-order chi connectivity index (χ0) is 22.8. The molecule has 5 nitrogen and oxygen atoms in total. The lowest BCUT2D eigenvalue weighted by atomic mass is 10.0. The van der Waals surface area contributed by atoms with E-state index in [1.807, 2.05) is 42.5 Å². The van der Waals surface area contributed by atoms with Gasteiger partial charge in [0.15, 0.2) is 6.61 Å². The summed E-state index contributed by atoms with van der Waals surface area (Å²) in [5, 5.41) is 12.1. The maximum absolute atomic E-state index is 12.9. The number of carbonyl (C=O) groups is 2. The molecule has 1 amide bonds. The van der Waals surface area contributed by atoms with Gasteiger partial charge >= 0.3 is 5.97 Å². The maximum Gasteiger partial charge on any atom is 0.339 e. The zero-order valence-corrected chi connectivity index (χ0v) is 18.5. The molecule has 32 heavy (non-hydrogen) atoms. The van der Waals surface area contributed by atoms with Crippen LogP contribution in [0, 0.1) is 11.3 Å². The fourth-order valence-electron chi connectivity index (χ4n) is 2.81. The number of nitrogens with one attached hydrogen (secondary N) is 1. The van der Waals surface area contributed by atoms with Crippen LogP contribution in [0.15, 0.2) is 83.8 Å². The Kier molecular flexibility index (Phi) is 8.50. The van der Waals surface area contributed by atoms with Crippen molar-refractivity contribution in [1.82, 2.24) is 0 Å². The first kappa shape index (κ1) is 23.1. The van der Waals surface area contributed by atoms with Crippen LogP contribution in [0.1, 0.15) is 11.1 Å². The summed E-state index contributed by atoms with van der Waals surface area (Å²) in [6.45, 7) is -0.449. The Labute approximate surface area is 195 Å². The molecule has 3 rings (SSSR count). The Morgan fingerprint density at radius 1 is 1.00 bits per heavy atom. The Hall–Kier alpha value is -3.53. The number of halogens is 1. The first-order chi connectivity index (χ1) is 15.6. The van der Waals surface area contributed by atoms with Gasteiger partial charge in [-0.1, -0.05) is 66.2 Å². The number of anilines is 1. The van der Waals surface area contributed by atoms with E-state index in [9.17, 15) is 9.59 Å². The summed E-state index contributed by atoms with van der Waals surface area (Å²) in [4.78, 5) is 26.0. The third-order valence-corrected chi connectivity index (χ3v) is 5.47. The summed E-state index contributed by atoms with van der Waals surface area (Å²) in [6.07, 6.45) is 1.71. The number of nitrogens with zero attached hydrogens (tertiary/aromatic N) is 1. The molecule has 3 aromatic carbocycles.